The van der Waals surface area contributed by atoms with Crippen LogP contribution in [0.3, 0.4) is 0 Å². The molecule has 3 aliphatic rings. The summed E-state index contributed by atoms with van der Waals surface area (Å²) in [7, 11) is 0. The molecule has 0 radical (unpaired) electrons. The lowest BCUT2D eigenvalue weighted by molar-refractivity contribution is 0.258. The summed E-state index contributed by atoms with van der Waals surface area (Å²) in [5.41, 5.74) is 2.95. The third kappa shape index (κ3) is 1.98. The fraction of sp³-hybridized carbons (Fsp3) is 0.545. The van der Waals surface area contributed by atoms with Gasteiger partial charge in [-0.1, -0.05) is 19.9 Å². The van der Waals surface area contributed by atoms with E-state index in [2.05, 4.69) is 29.4 Å². The fourth-order valence-electron chi connectivity index (χ4n) is 6.26. The van der Waals surface area contributed by atoms with Crippen LogP contribution in [0, 0.1) is 17.0 Å². The van der Waals surface area contributed by atoms with E-state index in [1.807, 2.05) is 6.07 Å². The highest BCUT2D eigenvalue weighted by molar-refractivity contribution is 5.66. The van der Waals surface area contributed by atoms with E-state index >= 15 is 0 Å². The Balaban J connectivity index is 1.57. The molecule has 27 heavy (non-hydrogen) atoms. The lowest BCUT2D eigenvalue weighted by atomic mass is 9.69. The second kappa shape index (κ2) is 5.57. The smallest absolute Gasteiger partial charge is 0.135 e. The van der Waals surface area contributed by atoms with E-state index in [0.717, 1.165) is 50.9 Å². The molecule has 5 heteroatoms. The number of hydrogen-bond acceptors (Lipinski definition) is 3. The van der Waals surface area contributed by atoms with Crippen molar-refractivity contribution in [1.29, 1.82) is 0 Å². The van der Waals surface area contributed by atoms with Crippen LogP contribution in [0.1, 0.15) is 57.2 Å². The molecular formula is C22H25F2N3. The lowest BCUT2D eigenvalue weighted by Gasteiger charge is -2.36. The average Bonchev–Trinajstić information content (AvgIpc) is 3.15. The zero-order chi connectivity index (χ0) is 18.9. The summed E-state index contributed by atoms with van der Waals surface area (Å²) in [4.78, 5) is 0. The molecule has 1 aromatic carbocycles. The highest BCUT2D eigenvalue weighted by Gasteiger charge is 2.83. The standard InChI is InChI=1S/C22H25F2N3/c1-3-10-25-11-9-21-7-8-22(13-20(21,22)2)14-12-17(26-27-19(14)21)18-15(23)5-4-6-16(18)24/h4-6,12,25H,3,7-11,13H2,1-2H3/t20?,21-,22?/m0/s1. The normalized spacial score (nSPS) is 32.4. The van der Waals surface area contributed by atoms with Crippen molar-refractivity contribution in [3.05, 3.63) is 47.2 Å². The number of hydrogen-bond donors (Lipinski definition) is 1. The molecule has 0 saturated heterocycles. The van der Waals surface area contributed by atoms with Gasteiger partial charge in [0.1, 0.15) is 11.6 Å². The van der Waals surface area contributed by atoms with E-state index < -0.39 is 11.6 Å². The van der Waals surface area contributed by atoms with E-state index in [9.17, 15) is 8.78 Å². The first-order valence-electron chi connectivity index (χ1n) is 10.0. The first kappa shape index (κ1) is 17.2. The molecule has 3 nitrogen and oxygen atoms in total. The van der Waals surface area contributed by atoms with Gasteiger partial charge < -0.3 is 5.32 Å². The molecule has 2 fully saturated rings. The molecule has 0 amide bonds. The van der Waals surface area contributed by atoms with E-state index in [-0.39, 0.29) is 21.8 Å². The molecule has 1 heterocycles. The third-order valence-corrected chi connectivity index (χ3v) is 7.76. The maximum Gasteiger partial charge on any atom is 0.135 e. The van der Waals surface area contributed by atoms with Gasteiger partial charge in [-0.25, -0.2) is 8.78 Å². The zero-order valence-corrected chi connectivity index (χ0v) is 15.9. The quantitative estimate of drug-likeness (QED) is 0.762. The van der Waals surface area contributed by atoms with Crippen LogP contribution in [-0.2, 0) is 10.8 Å². The number of benzene rings is 1. The Labute approximate surface area is 158 Å². The fourth-order valence-corrected chi connectivity index (χ4v) is 6.26. The number of nitrogens with zero attached hydrogens (tertiary/aromatic N) is 2. The van der Waals surface area contributed by atoms with E-state index in [0.29, 0.717) is 5.69 Å². The predicted octanol–water partition coefficient (Wildman–Crippen LogP) is 4.50. The van der Waals surface area contributed by atoms with Crippen molar-refractivity contribution >= 4 is 0 Å². The molecule has 2 unspecified atom stereocenters. The summed E-state index contributed by atoms with van der Waals surface area (Å²) in [5.74, 6) is -1.16. The summed E-state index contributed by atoms with van der Waals surface area (Å²) in [5, 5.41) is 12.4. The minimum absolute atomic E-state index is 0.0579. The summed E-state index contributed by atoms with van der Waals surface area (Å²) in [6.45, 7) is 6.56. The monoisotopic (exact) mass is 369 g/mol. The highest BCUT2D eigenvalue weighted by atomic mass is 19.1. The van der Waals surface area contributed by atoms with Gasteiger partial charge in [-0.15, -0.1) is 0 Å². The van der Waals surface area contributed by atoms with Gasteiger partial charge in [-0.3, -0.25) is 0 Å². The molecule has 2 bridgehead atoms. The Bertz CT molecular complexity index is 906. The Morgan fingerprint density at radius 2 is 1.89 bits per heavy atom. The van der Waals surface area contributed by atoms with Gasteiger partial charge in [0.15, 0.2) is 0 Å². The van der Waals surface area contributed by atoms with Crippen LogP contribution in [0.15, 0.2) is 24.3 Å². The molecule has 2 saturated carbocycles. The number of nitrogens with one attached hydrogen (secondary N) is 1. The van der Waals surface area contributed by atoms with Crippen molar-refractivity contribution in [3.63, 3.8) is 0 Å². The molecule has 0 aliphatic heterocycles. The van der Waals surface area contributed by atoms with Crippen LogP contribution in [0.4, 0.5) is 8.78 Å². The maximum atomic E-state index is 14.3. The number of rotatable bonds is 6. The minimum Gasteiger partial charge on any atom is -0.317 e. The Kier molecular flexibility index (Phi) is 3.55. The lowest BCUT2D eigenvalue weighted by Crippen LogP contribution is -2.36. The zero-order valence-electron chi connectivity index (χ0n) is 15.9. The topological polar surface area (TPSA) is 37.8 Å². The Morgan fingerprint density at radius 1 is 1.11 bits per heavy atom. The summed E-state index contributed by atoms with van der Waals surface area (Å²) >= 11 is 0. The van der Waals surface area contributed by atoms with Crippen LogP contribution in [0.2, 0.25) is 0 Å². The van der Waals surface area contributed by atoms with E-state index in [4.69, 9.17) is 0 Å². The second-order valence-electron chi connectivity index (χ2n) is 8.76. The average molecular weight is 369 g/mol. The largest absolute Gasteiger partial charge is 0.317 e. The molecule has 2 aromatic rings. The molecule has 0 spiro atoms. The van der Waals surface area contributed by atoms with Gasteiger partial charge in [0.25, 0.3) is 0 Å². The molecule has 3 atom stereocenters. The van der Waals surface area contributed by atoms with Crippen molar-refractivity contribution < 1.29 is 8.78 Å². The van der Waals surface area contributed by atoms with Gasteiger partial charge in [0, 0.05) is 10.8 Å². The summed E-state index contributed by atoms with van der Waals surface area (Å²) < 4.78 is 28.5. The number of aromatic nitrogens is 2. The molecular weight excluding hydrogens is 344 g/mol. The van der Waals surface area contributed by atoms with Crippen molar-refractivity contribution in [2.24, 2.45) is 5.41 Å². The van der Waals surface area contributed by atoms with Crippen molar-refractivity contribution in [2.75, 3.05) is 13.1 Å². The van der Waals surface area contributed by atoms with Crippen LogP contribution in [-0.4, -0.2) is 23.3 Å². The van der Waals surface area contributed by atoms with Crippen LogP contribution in [0.5, 0.6) is 0 Å². The van der Waals surface area contributed by atoms with Gasteiger partial charge in [-0.05, 0) is 74.4 Å². The number of fused-ring (bicyclic) bond motifs is 2. The Hall–Kier alpha value is -1.88. The molecule has 5 rings (SSSR count). The molecule has 3 aliphatic carbocycles. The SMILES string of the molecule is CCCNCC[C@]12CCC3(CC31C)c1cc(-c3c(F)cccc3F)nnc12. The molecule has 142 valence electrons. The van der Waals surface area contributed by atoms with Gasteiger partial charge in [0.05, 0.1) is 17.0 Å². The van der Waals surface area contributed by atoms with E-state index in [1.54, 1.807) is 0 Å². The maximum absolute atomic E-state index is 14.3. The van der Waals surface area contributed by atoms with Crippen molar-refractivity contribution in [2.45, 2.75) is 56.8 Å². The molecule has 1 N–H and O–H groups in total. The van der Waals surface area contributed by atoms with Crippen LogP contribution in [0.25, 0.3) is 11.3 Å². The molecule has 1 aromatic heterocycles. The first-order chi connectivity index (χ1) is 13.0. The van der Waals surface area contributed by atoms with Gasteiger partial charge in [-0.2, -0.15) is 10.2 Å². The van der Waals surface area contributed by atoms with Crippen LogP contribution < -0.4 is 5.32 Å². The van der Waals surface area contributed by atoms with Crippen molar-refractivity contribution in [1.82, 2.24) is 15.5 Å². The van der Waals surface area contributed by atoms with Gasteiger partial charge >= 0.3 is 0 Å². The van der Waals surface area contributed by atoms with Crippen LogP contribution >= 0.6 is 0 Å². The minimum atomic E-state index is -0.582. The van der Waals surface area contributed by atoms with Gasteiger partial charge in [0.2, 0.25) is 0 Å². The van der Waals surface area contributed by atoms with Crippen molar-refractivity contribution in [3.8, 4) is 11.3 Å². The van der Waals surface area contributed by atoms with E-state index in [1.165, 1.54) is 23.8 Å². The summed E-state index contributed by atoms with van der Waals surface area (Å²) in [6.07, 6.45) is 5.63. The summed E-state index contributed by atoms with van der Waals surface area (Å²) in [6, 6.07) is 5.86. The predicted molar refractivity (Wildman–Crippen MR) is 100 cm³/mol. The highest BCUT2D eigenvalue weighted by Crippen LogP contribution is 2.86. The number of halogens is 2. The first-order valence-corrected chi connectivity index (χ1v) is 10.0. The second-order valence-corrected chi connectivity index (χ2v) is 8.76. The Morgan fingerprint density at radius 3 is 2.59 bits per heavy atom. The third-order valence-electron chi connectivity index (χ3n) is 7.76.